The molecule has 0 unspecified atom stereocenters. The number of carbonyl (C=O) groups excluding carboxylic acids is 1. The van der Waals surface area contributed by atoms with Crippen LogP contribution in [0.4, 0.5) is 18.9 Å². The Morgan fingerprint density at radius 1 is 1.14 bits per heavy atom. The molecule has 4 aromatic rings. The number of nitrogens with one attached hydrogen (secondary N) is 1. The number of halogens is 3. The largest absolute Gasteiger partial charge is 0.381 e. The molecule has 9 nitrogen and oxygen atoms in total. The normalized spacial score (nSPS) is 22.1. The zero-order valence-electron chi connectivity index (χ0n) is 24.1. The Bertz CT molecular complexity index is 1620. The molecule has 1 amide bonds. The highest BCUT2D eigenvalue weighted by molar-refractivity contribution is 5.73. The van der Waals surface area contributed by atoms with Gasteiger partial charge in [0, 0.05) is 88.2 Å². The number of amides is 1. The van der Waals surface area contributed by atoms with Crippen LogP contribution in [0.1, 0.15) is 43.6 Å². The molecule has 1 aromatic carbocycles. The van der Waals surface area contributed by atoms with Gasteiger partial charge in [-0.25, -0.2) is 22.7 Å². The molecule has 43 heavy (non-hydrogen) atoms. The van der Waals surface area contributed by atoms with Crippen LogP contribution in [0.3, 0.4) is 0 Å². The maximum atomic E-state index is 15.4. The predicted octanol–water partition coefficient (Wildman–Crippen LogP) is 3.92. The van der Waals surface area contributed by atoms with E-state index in [1.807, 2.05) is 6.07 Å². The Balaban J connectivity index is 1.29. The van der Waals surface area contributed by atoms with Gasteiger partial charge in [-0.1, -0.05) is 6.92 Å². The molecule has 226 valence electrons. The molecule has 0 aliphatic carbocycles. The van der Waals surface area contributed by atoms with E-state index in [1.165, 1.54) is 13.0 Å². The minimum atomic E-state index is -1.84. The van der Waals surface area contributed by atoms with E-state index in [0.717, 1.165) is 23.4 Å². The number of hydrogen-bond donors (Lipinski definition) is 2. The van der Waals surface area contributed by atoms with Crippen LogP contribution in [0.5, 0.6) is 0 Å². The second-order valence-electron chi connectivity index (χ2n) is 11.6. The standard InChI is InChI=1S/C31H34F3N7O2/c1-18-16-40(17-25(35)30(18)38-19(2)42)27-5-8-36-14-20(27)11-28-37-15-22-3-4-26(39-41(22)28)29-23(32)12-21(13-24(29)33)31(34)6-9-43-10-7-31/h3-5,8,12-15,18,25,30H,6-7,9-11,16-17,35H2,1-2H3,(H,38,42)/t18-,25+,30-/m0/s1. The van der Waals surface area contributed by atoms with Crippen molar-refractivity contribution in [2.45, 2.75) is 50.9 Å². The summed E-state index contributed by atoms with van der Waals surface area (Å²) in [5.74, 6) is -1.20. The van der Waals surface area contributed by atoms with Crippen molar-refractivity contribution >= 4 is 17.1 Å². The van der Waals surface area contributed by atoms with E-state index in [-0.39, 0.29) is 66.8 Å². The summed E-state index contributed by atoms with van der Waals surface area (Å²) >= 11 is 0. The van der Waals surface area contributed by atoms with Crippen LogP contribution in [0.25, 0.3) is 16.8 Å². The number of hydrogen-bond acceptors (Lipinski definition) is 7. The number of carbonyl (C=O) groups is 1. The van der Waals surface area contributed by atoms with E-state index in [9.17, 15) is 4.79 Å². The number of nitrogens with two attached hydrogens (primary N) is 1. The highest BCUT2D eigenvalue weighted by Crippen LogP contribution is 2.39. The van der Waals surface area contributed by atoms with E-state index in [0.29, 0.717) is 30.9 Å². The molecule has 0 spiro atoms. The zero-order chi connectivity index (χ0) is 30.3. The SMILES string of the molecule is CC(=O)N[C@@H]1[C@H](N)CN(c2ccncc2Cc2ncc3ccc(-c4c(F)cc(C5(F)CCOCC5)cc4F)nn23)C[C@@H]1C. The molecule has 12 heteroatoms. The Hall–Kier alpha value is -4.03. The van der Waals surface area contributed by atoms with E-state index in [2.05, 4.69) is 32.2 Å². The lowest BCUT2D eigenvalue weighted by Gasteiger charge is -2.43. The number of aromatic nitrogens is 4. The zero-order valence-corrected chi connectivity index (χ0v) is 24.1. The Kier molecular flexibility index (Phi) is 7.82. The quantitative estimate of drug-likeness (QED) is 0.349. The number of benzene rings is 1. The molecule has 2 aliphatic rings. The number of rotatable bonds is 6. The van der Waals surface area contributed by atoms with E-state index < -0.39 is 17.3 Å². The lowest BCUT2D eigenvalue weighted by atomic mass is 9.87. The fourth-order valence-corrected chi connectivity index (χ4v) is 6.29. The van der Waals surface area contributed by atoms with Crippen LogP contribution in [-0.4, -0.2) is 63.9 Å². The van der Waals surface area contributed by atoms with Crippen molar-refractivity contribution in [2.75, 3.05) is 31.2 Å². The molecule has 0 radical (unpaired) electrons. The number of pyridine rings is 1. The first-order chi connectivity index (χ1) is 20.6. The molecule has 5 heterocycles. The molecule has 0 bridgehead atoms. The van der Waals surface area contributed by atoms with Crippen molar-refractivity contribution in [3.05, 3.63) is 77.5 Å². The third kappa shape index (κ3) is 5.68. The minimum Gasteiger partial charge on any atom is -0.381 e. The van der Waals surface area contributed by atoms with Gasteiger partial charge in [0.15, 0.2) is 0 Å². The van der Waals surface area contributed by atoms with Gasteiger partial charge in [0.25, 0.3) is 0 Å². The Labute approximate surface area is 247 Å². The summed E-state index contributed by atoms with van der Waals surface area (Å²) < 4.78 is 52.9. The van der Waals surface area contributed by atoms with E-state index >= 15 is 13.2 Å². The van der Waals surface area contributed by atoms with Gasteiger partial charge in [0.2, 0.25) is 5.91 Å². The summed E-state index contributed by atoms with van der Waals surface area (Å²) in [5, 5.41) is 7.52. The highest BCUT2D eigenvalue weighted by atomic mass is 19.1. The molecular weight excluding hydrogens is 559 g/mol. The lowest BCUT2D eigenvalue weighted by molar-refractivity contribution is -0.120. The summed E-state index contributed by atoms with van der Waals surface area (Å²) in [5.41, 5.74) is 6.82. The number of ether oxygens (including phenoxy) is 1. The molecule has 2 fully saturated rings. The van der Waals surface area contributed by atoms with Crippen LogP contribution < -0.4 is 16.0 Å². The summed E-state index contributed by atoms with van der Waals surface area (Å²) in [4.78, 5) is 22.7. The van der Waals surface area contributed by atoms with Crippen molar-refractivity contribution in [3.63, 3.8) is 0 Å². The maximum absolute atomic E-state index is 15.4. The molecular formula is C31H34F3N7O2. The van der Waals surface area contributed by atoms with Crippen molar-refractivity contribution in [2.24, 2.45) is 11.7 Å². The van der Waals surface area contributed by atoms with Gasteiger partial charge >= 0.3 is 0 Å². The summed E-state index contributed by atoms with van der Waals surface area (Å²) in [6.45, 7) is 5.17. The fourth-order valence-electron chi connectivity index (χ4n) is 6.29. The third-order valence-electron chi connectivity index (χ3n) is 8.51. The van der Waals surface area contributed by atoms with Gasteiger partial charge < -0.3 is 20.7 Å². The van der Waals surface area contributed by atoms with E-state index in [4.69, 9.17) is 10.5 Å². The second-order valence-corrected chi connectivity index (χ2v) is 11.6. The van der Waals surface area contributed by atoms with Crippen molar-refractivity contribution in [1.29, 1.82) is 0 Å². The van der Waals surface area contributed by atoms with Crippen LogP contribution in [-0.2, 0) is 21.6 Å². The number of imidazole rings is 1. The van der Waals surface area contributed by atoms with Crippen LogP contribution in [0.15, 0.2) is 48.9 Å². The van der Waals surface area contributed by atoms with Gasteiger partial charge in [-0.05, 0) is 41.8 Å². The summed E-state index contributed by atoms with van der Waals surface area (Å²) in [6, 6.07) is 6.88. The first-order valence-electron chi connectivity index (χ1n) is 14.4. The van der Waals surface area contributed by atoms with Gasteiger partial charge in [0.05, 0.1) is 23.0 Å². The highest BCUT2D eigenvalue weighted by Gasteiger charge is 2.36. The lowest BCUT2D eigenvalue weighted by Crippen LogP contribution is -2.61. The van der Waals surface area contributed by atoms with Gasteiger partial charge in [-0.3, -0.25) is 9.78 Å². The third-order valence-corrected chi connectivity index (χ3v) is 8.51. The van der Waals surface area contributed by atoms with E-state index in [1.54, 1.807) is 29.2 Å². The summed E-state index contributed by atoms with van der Waals surface area (Å²) in [6.07, 6.45) is 5.56. The molecule has 0 saturated carbocycles. The number of alkyl halides is 1. The number of nitrogens with zero attached hydrogens (tertiary/aromatic N) is 5. The fraction of sp³-hybridized carbons (Fsp3) is 0.419. The average molecular weight is 594 g/mol. The smallest absolute Gasteiger partial charge is 0.217 e. The molecule has 3 aromatic heterocycles. The number of fused-ring (bicyclic) bond motifs is 1. The van der Waals surface area contributed by atoms with Crippen molar-refractivity contribution in [3.8, 4) is 11.3 Å². The van der Waals surface area contributed by atoms with Crippen LogP contribution in [0.2, 0.25) is 0 Å². The topological polar surface area (TPSA) is 111 Å². The first-order valence-corrected chi connectivity index (χ1v) is 14.4. The molecule has 2 saturated heterocycles. The monoisotopic (exact) mass is 593 g/mol. The Morgan fingerprint density at radius 3 is 2.58 bits per heavy atom. The molecule has 3 N–H and O–H groups in total. The maximum Gasteiger partial charge on any atom is 0.217 e. The van der Waals surface area contributed by atoms with Crippen LogP contribution >= 0.6 is 0 Å². The Morgan fingerprint density at radius 2 is 1.88 bits per heavy atom. The number of piperidine rings is 1. The van der Waals surface area contributed by atoms with Gasteiger partial charge in [-0.15, -0.1) is 0 Å². The predicted molar refractivity (Wildman–Crippen MR) is 155 cm³/mol. The second kappa shape index (κ2) is 11.6. The average Bonchev–Trinajstić information content (AvgIpc) is 3.37. The number of anilines is 1. The first kappa shape index (κ1) is 29.1. The molecule has 3 atom stereocenters. The summed E-state index contributed by atoms with van der Waals surface area (Å²) in [7, 11) is 0. The van der Waals surface area contributed by atoms with Crippen LogP contribution in [0, 0.1) is 17.6 Å². The van der Waals surface area contributed by atoms with Gasteiger partial charge in [-0.2, -0.15) is 5.10 Å². The van der Waals surface area contributed by atoms with Gasteiger partial charge in [0.1, 0.15) is 23.1 Å². The van der Waals surface area contributed by atoms with Crippen molar-refractivity contribution in [1.82, 2.24) is 24.9 Å². The molecule has 2 aliphatic heterocycles. The van der Waals surface area contributed by atoms with Crippen molar-refractivity contribution < 1.29 is 22.7 Å². The minimum absolute atomic E-state index is 0.0294. The molecule has 6 rings (SSSR count).